The van der Waals surface area contributed by atoms with Crippen molar-refractivity contribution in [3.8, 4) is 0 Å². The number of imidazole rings is 1. The average Bonchev–Trinajstić information content (AvgIpc) is 2.62. The molecule has 0 aliphatic heterocycles. The lowest BCUT2D eigenvalue weighted by Gasteiger charge is -2.19. The Labute approximate surface area is 110 Å². The first-order valence-electron chi connectivity index (χ1n) is 5.51. The molecule has 3 nitrogen and oxygen atoms in total. The number of aliphatic hydroxyl groups is 1. The Morgan fingerprint density at radius 3 is 2.65 bits per heavy atom. The minimum atomic E-state index is -0.952. The number of benzene rings is 1. The number of hydrogen-bond acceptors (Lipinski definition) is 2. The molecular weight excluding hydrogens is 259 g/mol. The van der Waals surface area contributed by atoms with Crippen LogP contribution in [0.25, 0.3) is 11.0 Å². The van der Waals surface area contributed by atoms with Gasteiger partial charge in [-0.3, -0.25) is 0 Å². The molecule has 1 heterocycles. The van der Waals surface area contributed by atoms with Gasteiger partial charge in [0.2, 0.25) is 0 Å². The fraction of sp³-hybridized carbons (Fsp3) is 0.417. The third-order valence-electron chi connectivity index (χ3n) is 2.77. The maximum Gasteiger partial charge on any atom is 0.139 e. The molecule has 0 fully saturated rings. The number of halogens is 2. The first-order valence-corrected chi connectivity index (χ1v) is 6.27. The van der Waals surface area contributed by atoms with E-state index in [1.54, 1.807) is 19.1 Å². The Hall–Kier alpha value is -0.770. The van der Waals surface area contributed by atoms with Gasteiger partial charge < -0.3 is 10.1 Å². The molecule has 0 radical (unpaired) electrons. The summed E-state index contributed by atoms with van der Waals surface area (Å²) < 4.78 is 0. The number of H-pyrrole nitrogens is 1. The highest BCUT2D eigenvalue weighted by atomic mass is 35.5. The van der Waals surface area contributed by atoms with Crippen LogP contribution in [0.4, 0.5) is 0 Å². The molecule has 0 aliphatic carbocycles. The molecule has 92 valence electrons. The van der Waals surface area contributed by atoms with E-state index in [0.29, 0.717) is 27.8 Å². The summed E-state index contributed by atoms with van der Waals surface area (Å²) in [5, 5.41) is 11.2. The fourth-order valence-corrected chi connectivity index (χ4v) is 2.19. The van der Waals surface area contributed by atoms with Gasteiger partial charge in [0.1, 0.15) is 11.4 Å². The third-order valence-corrected chi connectivity index (χ3v) is 3.49. The van der Waals surface area contributed by atoms with E-state index < -0.39 is 5.60 Å². The summed E-state index contributed by atoms with van der Waals surface area (Å²) in [5.74, 6) is 0.549. The van der Waals surface area contributed by atoms with E-state index >= 15 is 0 Å². The van der Waals surface area contributed by atoms with Crippen LogP contribution < -0.4 is 0 Å². The van der Waals surface area contributed by atoms with Crippen LogP contribution in [0, 0.1) is 0 Å². The number of aromatic nitrogens is 2. The van der Waals surface area contributed by atoms with Gasteiger partial charge >= 0.3 is 0 Å². The van der Waals surface area contributed by atoms with Gasteiger partial charge in [-0.25, -0.2) is 4.98 Å². The summed E-state index contributed by atoms with van der Waals surface area (Å²) >= 11 is 11.9. The standard InChI is InChI=1S/C12H14Cl2N2O/c1-3-4-12(2,17)11-15-9-5-7(13)8(14)6-10(9)16-11/h5-6,17H,3-4H2,1-2H3,(H,15,16). The van der Waals surface area contributed by atoms with E-state index in [2.05, 4.69) is 9.97 Å². The largest absolute Gasteiger partial charge is 0.382 e. The molecule has 5 heteroatoms. The van der Waals surface area contributed by atoms with Crippen LogP contribution in [0.3, 0.4) is 0 Å². The molecule has 0 saturated heterocycles. The van der Waals surface area contributed by atoms with Crippen molar-refractivity contribution in [2.24, 2.45) is 0 Å². The van der Waals surface area contributed by atoms with Crippen LogP contribution in [0.15, 0.2) is 12.1 Å². The molecule has 0 spiro atoms. The lowest BCUT2D eigenvalue weighted by atomic mass is 10.0. The van der Waals surface area contributed by atoms with E-state index in [1.807, 2.05) is 6.92 Å². The zero-order chi connectivity index (χ0) is 12.6. The van der Waals surface area contributed by atoms with Crippen molar-refractivity contribution in [1.82, 2.24) is 9.97 Å². The Kier molecular flexibility index (Phi) is 3.34. The van der Waals surface area contributed by atoms with Gasteiger partial charge in [0.15, 0.2) is 0 Å². The maximum absolute atomic E-state index is 10.3. The predicted molar refractivity (Wildman–Crippen MR) is 70.6 cm³/mol. The summed E-state index contributed by atoms with van der Waals surface area (Å²) in [5.41, 5.74) is 0.545. The second-order valence-corrected chi connectivity index (χ2v) is 5.21. The summed E-state index contributed by atoms with van der Waals surface area (Å²) in [6.45, 7) is 3.77. The monoisotopic (exact) mass is 272 g/mol. The molecule has 1 atom stereocenters. The van der Waals surface area contributed by atoms with Crippen LogP contribution in [-0.2, 0) is 5.60 Å². The molecule has 1 aromatic carbocycles. The van der Waals surface area contributed by atoms with Crippen molar-refractivity contribution < 1.29 is 5.11 Å². The van der Waals surface area contributed by atoms with Crippen molar-refractivity contribution >= 4 is 34.2 Å². The number of rotatable bonds is 3. The highest BCUT2D eigenvalue weighted by molar-refractivity contribution is 6.42. The molecule has 1 aromatic heterocycles. The van der Waals surface area contributed by atoms with Crippen LogP contribution in [0.2, 0.25) is 10.0 Å². The van der Waals surface area contributed by atoms with Crippen LogP contribution in [0.5, 0.6) is 0 Å². The van der Waals surface area contributed by atoms with Crippen LogP contribution in [-0.4, -0.2) is 15.1 Å². The van der Waals surface area contributed by atoms with Crippen molar-refractivity contribution in [1.29, 1.82) is 0 Å². The van der Waals surface area contributed by atoms with E-state index in [9.17, 15) is 5.11 Å². The molecule has 0 amide bonds. The lowest BCUT2D eigenvalue weighted by molar-refractivity contribution is 0.0388. The Morgan fingerprint density at radius 2 is 2.00 bits per heavy atom. The zero-order valence-electron chi connectivity index (χ0n) is 9.72. The highest BCUT2D eigenvalue weighted by Crippen LogP contribution is 2.30. The normalized spacial score (nSPS) is 15.1. The van der Waals surface area contributed by atoms with Gasteiger partial charge in [-0.05, 0) is 25.5 Å². The minimum Gasteiger partial charge on any atom is -0.382 e. The predicted octanol–water partition coefficient (Wildman–Crippen LogP) is 3.88. The van der Waals surface area contributed by atoms with E-state index in [0.717, 1.165) is 11.9 Å². The van der Waals surface area contributed by atoms with Gasteiger partial charge in [0.25, 0.3) is 0 Å². The van der Waals surface area contributed by atoms with Crippen LogP contribution in [0.1, 0.15) is 32.5 Å². The first kappa shape index (κ1) is 12.7. The Bertz CT molecular complexity index is 510. The quantitative estimate of drug-likeness (QED) is 0.891. The van der Waals surface area contributed by atoms with Gasteiger partial charge in [-0.1, -0.05) is 36.5 Å². The smallest absolute Gasteiger partial charge is 0.139 e. The summed E-state index contributed by atoms with van der Waals surface area (Å²) in [6, 6.07) is 3.42. The maximum atomic E-state index is 10.3. The molecule has 2 N–H and O–H groups in total. The van der Waals surface area contributed by atoms with E-state index in [4.69, 9.17) is 23.2 Å². The molecule has 0 saturated carbocycles. The number of hydrogen-bond donors (Lipinski definition) is 2. The van der Waals surface area contributed by atoms with Crippen molar-refractivity contribution in [2.45, 2.75) is 32.3 Å². The lowest BCUT2D eigenvalue weighted by Crippen LogP contribution is -2.22. The first-order chi connectivity index (χ1) is 7.94. The van der Waals surface area contributed by atoms with E-state index in [1.165, 1.54) is 0 Å². The van der Waals surface area contributed by atoms with Crippen molar-refractivity contribution in [3.63, 3.8) is 0 Å². The summed E-state index contributed by atoms with van der Waals surface area (Å²) in [7, 11) is 0. The molecule has 1 unspecified atom stereocenters. The topological polar surface area (TPSA) is 48.9 Å². The number of nitrogens with one attached hydrogen (secondary N) is 1. The number of nitrogens with zero attached hydrogens (tertiary/aromatic N) is 1. The van der Waals surface area contributed by atoms with E-state index in [-0.39, 0.29) is 0 Å². The molecule has 0 aliphatic rings. The summed E-state index contributed by atoms with van der Waals surface area (Å²) in [4.78, 5) is 7.44. The van der Waals surface area contributed by atoms with Gasteiger partial charge in [0.05, 0.1) is 21.1 Å². The second-order valence-electron chi connectivity index (χ2n) is 4.39. The Balaban J connectivity index is 2.51. The average molecular weight is 273 g/mol. The van der Waals surface area contributed by atoms with Gasteiger partial charge in [0, 0.05) is 0 Å². The highest BCUT2D eigenvalue weighted by Gasteiger charge is 2.25. The molecule has 2 rings (SSSR count). The SMILES string of the molecule is CCCC(C)(O)c1nc2cc(Cl)c(Cl)cc2[nH]1. The molecule has 0 bridgehead atoms. The fourth-order valence-electron chi connectivity index (χ4n) is 1.87. The van der Waals surface area contributed by atoms with Gasteiger partial charge in [-0.2, -0.15) is 0 Å². The number of fused-ring (bicyclic) bond motifs is 1. The molecule has 17 heavy (non-hydrogen) atoms. The van der Waals surface area contributed by atoms with Gasteiger partial charge in [-0.15, -0.1) is 0 Å². The third kappa shape index (κ3) is 2.41. The summed E-state index contributed by atoms with van der Waals surface area (Å²) in [6.07, 6.45) is 1.53. The molecular formula is C12H14Cl2N2O. The molecule has 2 aromatic rings. The van der Waals surface area contributed by atoms with Crippen molar-refractivity contribution in [2.75, 3.05) is 0 Å². The minimum absolute atomic E-state index is 0.465. The van der Waals surface area contributed by atoms with Crippen molar-refractivity contribution in [3.05, 3.63) is 28.0 Å². The zero-order valence-corrected chi connectivity index (χ0v) is 11.2. The number of aromatic amines is 1. The Morgan fingerprint density at radius 1 is 1.35 bits per heavy atom. The van der Waals surface area contributed by atoms with Crippen LogP contribution >= 0.6 is 23.2 Å². The second kappa shape index (κ2) is 4.48.